The fourth-order valence-electron chi connectivity index (χ4n) is 4.69. The third-order valence-electron chi connectivity index (χ3n) is 5.56. The van der Waals surface area contributed by atoms with Gasteiger partial charge in [-0.3, -0.25) is 4.79 Å². The molecule has 4 rings (SSSR count). The highest BCUT2D eigenvalue weighted by Crippen LogP contribution is 2.49. The molecule has 2 N–H and O–H groups in total. The molecule has 7 heteroatoms. The third kappa shape index (κ3) is 3.84. The minimum Gasteiger partial charge on any atom is -0.467 e. The summed E-state index contributed by atoms with van der Waals surface area (Å²) in [5.74, 6) is 0.0677. The Labute approximate surface area is 174 Å². The molecule has 2 amide bonds. The first-order valence-corrected chi connectivity index (χ1v) is 9.94. The Morgan fingerprint density at radius 1 is 1.20 bits per heavy atom. The van der Waals surface area contributed by atoms with Gasteiger partial charge in [0.1, 0.15) is 17.3 Å². The highest BCUT2D eigenvalue weighted by molar-refractivity contribution is 5.77. The molecule has 2 aromatic carbocycles. The predicted molar refractivity (Wildman–Crippen MR) is 109 cm³/mol. The van der Waals surface area contributed by atoms with Gasteiger partial charge in [0.05, 0.1) is 0 Å². The predicted octanol–water partition coefficient (Wildman–Crippen LogP) is 4.15. The van der Waals surface area contributed by atoms with Gasteiger partial charge in [0, 0.05) is 42.9 Å². The third-order valence-corrected chi connectivity index (χ3v) is 5.56. The van der Waals surface area contributed by atoms with E-state index in [1.165, 1.54) is 19.1 Å². The molecule has 0 saturated carbocycles. The number of halogens is 1. The summed E-state index contributed by atoms with van der Waals surface area (Å²) in [6, 6.07) is 9.56. The van der Waals surface area contributed by atoms with Gasteiger partial charge in [-0.15, -0.1) is 0 Å². The van der Waals surface area contributed by atoms with Crippen molar-refractivity contribution in [1.82, 2.24) is 10.6 Å². The maximum atomic E-state index is 13.6. The Morgan fingerprint density at radius 3 is 2.53 bits per heavy atom. The Morgan fingerprint density at radius 2 is 1.90 bits per heavy atom. The number of amides is 2. The van der Waals surface area contributed by atoms with Gasteiger partial charge < -0.3 is 20.1 Å². The summed E-state index contributed by atoms with van der Waals surface area (Å²) in [5, 5.41) is 5.88. The fourth-order valence-corrected chi connectivity index (χ4v) is 4.69. The van der Waals surface area contributed by atoms with Crippen molar-refractivity contribution in [2.24, 2.45) is 0 Å². The zero-order valence-corrected chi connectivity index (χ0v) is 17.5. The van der Waals surface area contributed by atoms with E-state index in [1.807, 2.05) is 20.8 Å². The second-order valence-electron chi connectivity index (χ2n) is 8.79. The molecule has 0 bridgehead atoms. The van der Waals surface area contributed by atoms with E-state index in [2.05, 4.69) is 10.6 Å². The van der Waals surface area contributed by atoms with Crippen molar-refractivity contribution >= 4 is 12.0 Å². The summed E-state index contributed by atoms with van der Waals surface area (Å²) >= 11 is 0. The second kappa shape index (κ2) is 7.00. The highest BCUT2D eigenvalue weighted by atomic mass is 19.1. The van der Waals surface area contributed by atoms with Crippen molar-refractivity contribution in [3.05, 3.63) is 58.9 Å². The van der Waals surface area contributed by atoms with Crippen LogP contribution in [0.3, 0.4) is 0 Å². The Bertz CT molecular complexity index is 1020. The van der Waals surface area contributed by atoms with Crippen LogP contribution in [0.25, 0.3) is 0 Å². The zero-order valence-electron chi connectivity index (χ0n) is 17.5. The van der Waals surface area contributed by atoms with E-state index >= 15 is 0 Å². The Balaban J connectivity index is 1.85. The Hall–Kier alpha value is -3.09. The molecule has 6 nitrogen and oxygen atoms in total. The van der Waals surface area contributed by atoms with Gasteiger partial charge in [-0.25, -0.2) is 9.18 Å². The number of rotatable bonds is 2. The molecule has 2 aliphatic heterocycles. The molecule has 2 atom stereocenters. The quantitative estimate of drug-likeness (QED) is 0.574. The number of carbonyl (C=O) groups is 2. The molecule has 1 fully saturated rings. The molecule has 0 unspecified atom stereocenters. The van der Waals surface area contributed by atoms with Crippen LogP contribution in [0.5, 0.6) is 11.5 Å². The molecule has 0 aromatic heterocycles. The van der Waals surface area contributed by atoms with E-state index in [0.29, 0.717) is 24.3 Å². The lowest BCUT2D eigenvalue weighted by Crippen LogP contribution is -2.69. The smallest absolute Gasteiger partial charge is 0.318 e. The average Bonchev–Trinajstić information content (AvgIpc) is 2.58. The van der Waals surface area contributed by atoms with Crippen molar-refractivity contribution in [1.29, 1.82) is 0 Å². The van der Waals surface area contributed by atoms with Gasteiger partial charge in [0.25, 0.3) is 0 Å². The minimum absolute atomic E-state index is 0.130. The van der Waals surface area contributed by atoms with Gasteiger partial charge in [0.2, 0.25) is 0 Å². The van der Waals surface area contributed by atoms with E-state index < -0.39 is 17.2 Å². The monoisotopic (exact) mass is 412 g/mol. The number of hydrogen-bond acceptors (Lipinski definition) is 4. The topological polar surface area (TPSA) is 76.7 Å². The van der Waals surface area contributed by atoms with Crippen LogP contribution in [-0.2, 0) is 4.79 Å². The van der Waals surface area contributed by atoms with Crippen molar-refractivity contribution in [2.75, 3.05) is 0 Å². The van der Waals surface area contributed by atoms with Crippen molar-refractivity contribution in [3.63, 3.8) is 0 Å². The molecule has 2 aromatic rings. The molecular formula is C23H25FN2O4. The number of fused-ring (bicyclic) bond motifs is 1. The van der Waals surface area contributed by atoms with E-state index in [-0.39, 0.29) is 17.8 Å². The van der Waals surface area contributed by atoms with Crippen LogP contribution in [-0.4, -0.2) is 23.3 Å². The number of ether oxygens (including phenoxy) is 2. The summed E-state index contributed by atoms with van der Waals surface area (Å²) in [7, 11) is 0. The summed E-state index contributed by atoms with van der Waals surface area (Å²) in [4.78, 5) is 23.9. The molecule has 0 aliphatic carbocycles. The number of esters is 1. The number of hydrogen-bond donors (Lipinski definition) is 2. The molecule has 1 spiro atoms. The lowest BCUT2D eigenvalue weighted by atomic mass is 9.76. The van der Waals surface area contributed by atoms with Gasteiger partial charge in [-0.2, -0.15) is 0 Å². The first kappa shape index (κ1) is 20.2. The average molecular weight is 412 g/mol. The largest absolute Gasteiger partial charge is 0.467 e. The maximum absolute atomic E-state index is 13.6. The lowest BCUT2D eigenvalue weighted by molar-refractivity contribution is -0.131. The number of aryl methyl sites for hydroxylation is 1. The maximum Gasteiger partial charge on any atom is 0.318 e. The van der Waals surface area contributed by atoms with Crippen LogP contribution >= 0.6 is 0 Å². The standard InChI is InChI=1S/C23H25FN2O4/c1-13-9-17(29-14(2)27)10-19-20(13)18(15-5-7-16(24)8-6-15)11-23(30-19)12-22(3,4)25-21(28)26-23/h5-10,18H,11-12H2,1-4H3,(H2,25,26,28)/t18-,23-/m0/s1. The van der Waals surface area contributed by atoms with Crippen molar-refractivity contribution in [3.8, 4) is 11.5 Å². The Kier molecular flexibility index (Phi) is 4.71. The summed E-state index contributed by atoms with van der Waals surface area (Å²) in [6.07, 6.45) is 1.02. The second-order valence-corrected chi connectivity index (χ2v) is 8.79. The van der Waals surface area contributed by atoms with E-state index in [0.717, 1.165) is 16.7 Å². The number of urea groups is 1. The first-order chi connectivity index (χ1) is 14.1. The zero-order chi connectivity index (χ0) is 21.7. The van der Waals surface area contributed by atoms with Crippen LogP contribution in [0.15, 0.2) is 36.4 Å². The molecule has 2 heterocycles. The highest BCUT2D eigenvalue weighted by Gasteiger charge is 2.50. The van der Waals surface area contributed by atoms with Crippen molar-refractivity contribution in [2.45, 2.75) is 57.7 Å². The summed E-state index contributed by atoms with van der Waals surface area (Å²) in [6.45, 7) is 7.16. The number of benzene rings is 2. The number of carbonyl (C=O) groups excluding carboxylic acids is 2. The minimum atomic E-state index is -0.945. The van der Waals surface area contributed by atoms with Gasteiger partial charge in [-0.05, 0) is 50.1 Å². The van der Waals surface area contributed by atoms with Gasteiger partial charge in [0.15, 0.2) is 5.72 Å². The van der Waals surface area contributed by atoms with Gasteiger partial charge in [-0.1, -0.05) is 12.1 Å². The fraction of sp³-hybridized carbons (Fsp3) is 0.391. The van der Waals surface area contributed by atoms with Crippen molar-refractivity contribution < 1.29 is 23.5 Å². The van der Waals surface area contributed by atoms with E-state index in [9.17, 15) is 14.0 Å². The molecule has 2 aliphatic rings. The molecular weight excluding hydrogens is 387 g/mol. The van der Waals surface area contributed by atoms with E-state index in [4.69, 9.17) is 9.47 Å². The SMILES string of the molecule is CC(=O)Oc1cc(C)c2c(c1)O[C@@]1(C[C@H]2c2ccc(F)cc2)CC(C)(C)NC(=O)N1. The summed E-state index contributed by atoms with van der Waals surface area (Å²) < 4.78 is 25.3. The first-order valence-electron chi connectivity index (χ1n) is 9.94. The lowest BCUT2D eigenvalue weighted by Gasteiger charge is -2.49. The van der Waals surface area contributed by atoms with Crippen LogP contribution in [0.4, 0.5) is 9.18 Å². The van der Waals surface area contributed by atoms with Crippen LogP contribution in [0, 0.1) is 12.7 Å². The van der Waals surface area contributed by atoms with E-state index in [1.54, 1.807) is 24.3 Å². The van der Waals surface area contributed by atoms with Gasteiger partial charge >= 0.3 is 12.0 Å². The van der Waals surface area contributed by atoms with Crippen LogP contribution in [0.2, 0.25) is 0 Å². The normalized spacial score (nSPS) is 24.3. The molecule has 30 heavy (non-hydrogen) atoms. The molecule has 1 saturated heterocycles. The summed E-state index contributed by atoms with van der Waals surface area (Å²) in [5.41, 5.74) is 1.34. The number of nitrogens with one attached hydrogen (secondary N) is 2. The van der Waals surface area contributed by atoms with Crippen LogP contribution < -0.4 is 20.1 Å². The molecule has 158 valence electrons. The molecule has 0 radical (unpaired) electrons. The van der Waals surface area contributed by atoms with Crippen LogP contribution in [0.1, 0.15) is 56.2 Å².